The molecule has 1 saturated heterocycles. The number of carbonyl (C=O) groups excluding carboxylic acids is 1. The van der Waals surface area contributed by atoms with E-state index in [9.17, 15) is 9.18 Å². The normalized spacial score (nSPS) is 20.3. The first-order valence-electron chi connectivity index (χ1n) is 6.10. The van der Waals surface area contributed by atoms with E-state index in [1.165, 1.54) is 6.07 Å². The summed E-state index contributed by atoms with van der Waals surface area (Å²) in [6.45, 7) is 1.91. The van der Waals surface area contributed by atoms with Crippen molar-refractivity contribution in [1.29, 1.82) is 0 Å². The quantitative estimate of drug-likeness (QED) is 0.914. The highest BCUT2D eigenvalue weighted by Gasteiger charge is 2.26. The highest BCUT2D eigenvalue weighted by Crippen LogP contribution is 2.21. The molecule has 1 aromatic rings. The molecule has 1 aromatic carbocycles. The summed E-state index contributed by atoms with van der Waals surface area (Å²) in [5.41, 5.74) is 0.460. The van der Waals surface area contributed by atoms with Gasteiger partial charge >= 0.3 is 0 Å². The maximum Gasteiger partial charge on any atom is 0.250 e. The van der Waals surface area contributed by atoms with Crippen LogP contribution >= 0.6 is 11.6 Å². The van der Waals surface area contributed by atoms with Gasteiger partial charge in [0.1, 0.15) is 11.9 Å². The third kappa shape index (κ3) is 3.43. The summed E-state index contributed by atoms with van der Waals surface area (Å²) in [5, 5.41) is 2.96. The number of nitrogens with one attached hydrogen (secondary N) is 1. The maximum atomic E-state index is 13.7. The van der Waals surface area contributed by atoms with E-state index in [2.05, 4.69) is 5.32 Å². The van der Waals surface area contributed by atoms with Gasteiger partial charge in [-0.15, -0.1) is 0 Å². The van der Waals surface area contributed by atoms with E-state index in [0.717, 1.165) is 0 Å². The number of morpholine rings is 1. The van der Waals surface area contributed by atoms with Crippen LogP contribution in [0.15, 0.2) is 18.2 Å². The molecule has 0 radical (unpaired) electrons. The predicted octanol–water partition coefficient (Wildman–Crippen LogP) is 1.43. The van der Waals surface area contributed by atoms with Gasteiger partial charge in [0, 0.05) is 37.3 Å². The number of nitrogens with zero attached hydrogens (tertiary/aromatic N) is 1. The summed E-state index contributed by atoms with van der Waals surface area (Å²) >= 11 is 6.00. The van der Waals surface area contributed by atoms with Gasteiger partial charge in [0.25, 0.3) is 0 Å². The lowest BCUT2D eigenvalue weighted by Gasteiger charge is -2.32. The first-order valence-corrected chi connectivity index (χ1v) is 6.48. The van der Waals surface area contributed by atoms with Crippen LogP contribution in [0, 0.1) is 5.82 Å². The van der Waals surface area contributed by atoms with E-state index in [1.807, 2.05) is 4.90 Å². The van der Waals surface area contributed by atoms with Crippen LogP contribution < -0.4 is 5.32 Å². The summed E-state index contributed by atoms with van der Waals surface area (Å²) in [5.74, 6) is -0.486. The third-order valence-corrected chi connectivity index (χ3v) is 3.49. The summed E-state index contributed by atoms with van der Waals surface area (Å²) in [6, 6.07) is 4.63. The Morgan fingerprint density at radius 3 is 3.11 bits per heavy atom. The maximum absolute atomic E-state index is 13.7. The van der Waals surface area contributed by atoms with Crippen molar-refractivity contribution in [3.05, 3.63) is 34.6 Å². The van der Waals surface area contributed by atoms with Crippen molar-refractivity contribution in [2.75, 3.05) is 26.7 Å². The molecule has 0 bridgehead atoms. The minimum Gasteiger partial charge on any atom is -0.366 e. The Morgan fingerprint density at radius 1 is 1.63 bits per heavy atom. The molecular formula is C13H16ClFN2O2. The molecular weight excluding hydrogens is 271 g/mol. The van der Waals surface area contributed by atoms with Crippen LogP contribution in [0.2, 0.25) is 5.02 Å². The molecule has 1 aliphatic rings. The third-order valence-electron chi connectivity index (χ3n) is 3.13. The molecule has 104 valence electrons. The van der Waals surface area contributed by atoms with Crippen LogP contribution in [0.5, 0.6) is 0 Å². The summed E-state index contributed by atoms with van der Waals surface area (Å²) < 4.78 is 19.1. The van der Waals surface area contributed by atoms with Crippen LogP contribution in [0.25, 0.3) is 0 Å². The van der Waals surface area contributed by atoms with Gasteiger partial charge in [-0.2, -0.15) is 0 Å². The van der Waals surface area contributed by atoms with Gasteiger partial charge in [0.05, 0.1) is 6.61 Å². The molecule has 1 unspecified atom stereocenters. The second-order valence-electron chi connectivity index (χ2n) is 4.41. The zero-order valence-corrected chi connectivity index (χ0v) is 11.4. The highest BCUT2D eigenvalue weighted by atomic mass is 35.5. The van der Waals surface area contributed by atoms with Crippen LogP contribution in [-0.4, -0.2) is 43.7 Å². The van der Waals surface area contributed by atoms with Gasteiger partial charge < -0.3 is 10.1 Å². The van der Waals surface area contributed by atoms with Crippen LogP contribution in [0.1, 0.15) is 5.56 Å². The summed E-state index contributed by atoms with van der Waals surface area (Å²) in [7, 11) is 1.57. The number of carbonyl (C=O) groups is 1. The monoisotopic (exact) mass is 286 g/mol. The minimum absolute atomic E-state index is 0.163. The molecule has 1 N–H and O–H groups in total. The van der Waals surface area contributed by atoms with Crippen molar-refractivity contribution in [3.8, 4) is 0 Å². The van der Waals surface area contributed by atoms with Crippen LogP contribution in [0.4, 0.5) is 4.39 Å². The lowest BCUT2D eigenvalue weighted by molar-refractivity contribution is -0.138. The molecule has 1 aliphatic heterocycles. The molecule has 1 atom stereocenters. The summed E-state index contributed by atoms with van der Waals surface area (Å²) in [4.78, 5) is 13.5. The molecule has 0 saturated carbocycles. The van der Waals surface area contributed by atoms with Crippen molar-refractivity contribution in [2.24, 2.45) is 0 Å². The second-order valence-corrected chi connectivity index (χ2v) is 4.82. The molecule has 19 heavy (non-hydrogen) atoms. The van der Waals surface area contributed by atoms with Gasteiger partial charge in [0.2, 0.25) is 5.91 Å². The zero-order valence-electron chi connectivity index (χ0n) is 10.7. The largest absolute Gasteiger partial charge is 0.366 e. The smallest absolute Gasteiger partial charge is 0.250 e. The van der Waals surface area contributed by atoms with E-state index >= 15 is 0 Å². The van der Waals surface area contributed by atoms with Gasteiger partial charge in [-0.25, -0.2) is 4.39 Å². The number of rotatable bonds is 3. The number of hydrogen-bond donors (Lipinski definition) is 1. The van der Waals surface area contributed by atoms with E-state index in [-0.39, 0.29) is 11.7 Å². The molecule has 6 heteroatoms. The zero-order chi connectivity index (χ0) is 13.8. The molecule has 1 fully saturated rings. The Kier molecular flexibility index (Phi) is 4.74. The Labute approximate surface area is 116 Å². The highest BCUT2D eigenvalue weighted by molar-refractivity contribution is 6.31. The van der Waals surface area contributed by atoms with E-state index in [1.54, 1.807) is 19.2 Å². The number of amides is 1. The molecule has 0 aliphatic carbocycles. The minimum atomic E-state index is -0.510. The SMILES string of the molecule is CNC(=O)C1CN(Cc2c(F)cccc2Cl)CCO1. The van der Waals surface area contributed by atoms with Crippen molar-refractivity contribution in [1.82, 2.24) is 10.2 Å². The number of halogens is 2. The van der Waals surface area contributed by atoms with Gasteiger partial charge in [0.15, 0.2) is 0 Å². The second kappa shape index (κ2) is 6.32. The van der Waals surface area contributed by atoms with Crippen molar-refractivity contribution >= 4 is 17.5 Å². The number of hydrogen-bond acceptors (Lipinski definition) is 3. The fourth-order valence-electron chi connectivity index (χ4n) is 2.07. The van der Waals surface area contributed by atoms with Gasteiger partial charge in [-0.1, -0.05) is 17.7 Å². The number of benzene rings is 1. The number of likely N-dealkylation sites (N-methyl/N-ethyl adjacent to an activating group) is 1. The lowest BCUT2D eigenvalue weighted by atomic mass is 10.1. The molecule has 1 amide bonds. The molecule has 2 rings (SSSR count). The Hall–Kier alpha value is -1.17. The fraction of sp³-hybridized carbons (Fsp3) is 0.462. The van der Waals surface area contributed by atoms with Crippen LogP contribution in [0.3, 0.4) is 0 Å². The standard InChI is InChI=1S/C13H16ClFN2O2/c1-16-13(18)12-8-17(5-6-19-12)7-9-10(14)3-2-4-11(9)15/h2-4,12H,5-8H2,1H3,(H,16,18). The lowest BCUT2D eigenvalue weighted by Crippen LogP contribution is -2.48. The topological polar surface area (TPSA) is 41.6 Å². The van der Waals surface area contributed by atoms with Crippen LogP contribution in [-0.2, 0) is 16.1 Å². The molecule has 0 aromatic heterocycles. The van der Waals surface area contributed by atoms with Crippen molar-refractivity contribution < 1.29 is 13.9 Å². The average molecular weight is 287 g/mol. The van der Waals surface area contributed by atoms with Crippen molar-refractivity contribution in [3.63, 3.8) is 0 Å². The van der Waals surface area contributed by atoms with E-state index in [4.69, 9.17) is 16.3 Å². The fourth-order valence-corrected chi connectivity index (χ4v) is 2.30. The molecule has 0 spiro atoms. The van der Waals surface area contributed by atoms with E-state index < -0.39 is 6.10 Å². The summed E-state index contributed by atoms with van der Waals surface area (Å²) in [6.07, 6.45) is -0.510. The first kappa shape index (κ1) is 14.2. The van der Waals surface area contributed by atoms with Crippen molar-refractivity contribution in [2.45, 2.75) is 12.6 Å². The Balaban J connectivity index is 2.05. The van der Waals surface area contributed by atoms with Gasteiger partial charge in [-0.3, -0.25) is 9.69 Å². The predicted molar refractivity (Wildman–Crippen MR) is 70.5 cm³/mol. The first-order chi connectivity index (χ1) is 9.11. The average Bonchev–Trinajstić information content (AvgIpc) is 2.42. The number of ether oxygens (including phenoxy) is 1. The molecule has 1 heterocycles. The Morgan fingerprint density at radius 2 is 2.42 bits per heavy atom. The Bertz CT molecular complexity index is 450. The van der Waals surface area contributed by atoms with E-state index in [0.29, 0.717) is 36.8 Å². The molecule has 4 nitrogen and oxygen atoms in total. The van der Waals surface area contributed by atoms with Gasteiger partial charge in [-0.05, 0) is 12.1 Å².